The molecule has 0 radical (unpaired) electrons. The Balaban J connectivity index is 1.59. The molecular weight excluding hydrogens is 548 g/mol. The van der Waals surface area contributed by atoms with Crippen LogP contribution in [0.5, 0.6) is 5.75 Å². The molecule has 1 aromatic heterocycles. The van der Waals surface area contributed by atoms with Crippen LogP contribution in [0.4, 0.5) is 10.5 Å². The summed E-state index contributed by atoms with van der Waals surface area (Å²) in [5, 5.41) is 15.7. The van der Waals surface area contributed by atoms with Crippen LogP contribution in [0.3, 0.4) is 0 Å². The van der Waals surface area contributed by atoms with Crippen molar-refractivity contribution in [1.82, 2.24) is 24.1 Å². The molecular formula is C28H42N6O6S. The van der Waals surface area contributed by atoms with Gasteiger partial charge in [-0.1, -0.05) is 26.2 Å². The van der Waals surface area contributed by atoms with Crippen LogP contribution in [-0.4, -0.2) is 89.2 Å². The molecule has 1 aliphatic carbocycles. The van der Waals surface area contributed by atoms with E-state index in [1.54, 1.807) is 41.6 Å². The van der Waals surface area contributed by atoms with Crippen molar-refractivity contribution in [2.45, 2.75) is 75.6 Å². The van der Waals surface area contributed by atoms with Crippen LogP contribution in [0, 0.1) is 5.92 Å². The molecule has 0 spiro atoms. The fourth-order valence-corrected chi connectivity index (χ4v) is 6.50. The van der Waals surface area contributed by atoms with E-state index in [1.807, 2.05) is 6.92 Å². The Hall–Kier alpha value is -3.16. The van der Waals surface area contributed by atoms with Crippen molar-refractivity contribution in [1.29, 1.82) is 0 Å². The highest BCUT2D eigenvalue weighted by Gasteiger charge is 2.34. The van der Waals surface area contributed by atoms with Gasteiger partial charge in [0.2, 0.25) is 5.91 Å². The standard InChI is InChI=1S/C28H42N6O6S/c1-19-14-34(20(2)17-35)27(36)13-21-12-23(31-28(37)30-22-8-6-5-7-9-22)10-11-24(21)40-25(19)15-33(4)41(38,39)26-16-32(3)18-29-26/h10-12,16,18-20,22,25,35H,5-9,13-15,17H2,1-4H3,(H2,30,31,37)/t19-,20-,25-/m1/s1. The molecule has 1 fully saturated rings. The fraction of sp³-hybridized carbons (Fsp3) is 0.607. The zero-order valence-corrected chi connectivity index (χ0v) is 25.1. The summed E-state index contributed by atoms with van der Waals surface area (Å²) in [6.07, 6.45) is 7.56. The number of anilines is 1. The SMILES string of the molecule is C[C@@H]1CN([C@H](C)CO)C(=O)Cc2cc(NC(=O)NC3CCCCC3)ccc2O[C@@H]1CN(C)S(=O)(=O)c1cn(C)cn1. The lowest BCUT2D eigenvalue weighted by atomic mass is 9.96. The molecule has 3 amide bonds. The van der Waals surface area contributed by atoms with Crippen molar-refractivity contribution >= 4 is 27.6 Å². The Morgan fingerprint density at radius 1 is 1.27 bits per heavy atom. The highest BCUT2D eigenvalue weighted by molar-refractivity contribution is 7.89. The fourth-order valence-electron chi connectivity index (χ4n) is 5.36. The lowest BCUT2D eigenvalue weighted by Gasteiger charge is -2.33. The zero-order valence-electron chi connectivity index (χ0n) is 24.2. The van der Waals surface area contributed by atoms with E-state index in [0.717, 1.165) is 25.7 Å². The van der Waals surface area contributed by atoms with Crippen LogP contribution in [0.1, 0.15) is 51.5 Å². The second-order valence-electron chi connectivity index (χ2n) is 11.3. The number of aliphatic hydroxyl groups excluding tert-OH is 1. The third-order valence-electron chi connectivity index (χ3n) is 7.91. The van der Waals surface area contributed by atoms with Gasteiger partial charge >= 0.3 is 6.03 Å². The van der Waals surface area contributed by atoms with Crippen molar-refractivity contribution in [3.63, 3.8) is 0 Å². The van der Waals surface area contributed by atoms with Gasteiger partial charge in [0.15, 0.2) is 5.03 Å². The van der Waals surface area contributed by atoms with Crippen LogP contribution < -0.4 is 15.4 Å². The summed E-state index contributed by atoms with van der Waals surface area (Å²) in [7, 11) is -0.705. The zero-order chi connectivity index (χ0) is 29.7. The van der Waals surface area contributed by atoms with Gasteiger partial charge in [-0.25, -0.2) is 18.2 Å². The molecule has 0 bridgehead atoms. The Morgan fingerprint density at radius 2 is 2.00 bits per heavy atom. The smallest absolute Gasteiger partial charge is 0.319 e. The Kier molecular flexibility index (Phi) is 9.92. The van der Waals surface area contributed by atoms with E-state index >= 15 is 0 Å². The van der Waals surface area contributed by atoms with Crippen LogP contribution >= 0.6 is 0 Å². The lowest BCUT2D eigenvalue weighted by molar-refractivity contribution is -0.134. The Morgan fingerprint density at radius 3 is 2.66 bits per heavy atom. The molecule has 3 N–H and O–H groups in total. The number of carbonyl (C=O) groups is 2. The second-order valence-corrected chi connectivity index (χ2v) is 13.3. The predicted molar refractivity (Wildman–Crippen MR) is 154 cm³/mol. The number of aryl methyl sites for hydroxylation is 1. The number of amides is 3. The Bertz CT molecular complexity index is 1330. The molecule has 2 aromatic rings. The first-order valence-electron chi connectivity index (χ1n) is 14.2. The molecule has 0 unspecified atom stereocenters. The summed E-state index contributed by atoms with van der Waals surface area (Å²) in [4.78, 5) is 31.7. The first-order valence-corrected chi connectivity index (χ1v) is 15.6. The van der Waals surface area contributed by atoms with Crippen LogP contribution in [-0.2, 0) is 28.3 Å². The quantitative estimate of drug-likeness (QED) is 0.428. The topological polar surface area (TPSA) is 146 Å². The minimum atomic E-state index is -3.88. The van der Waals surface area contributed by atoms with E-state index in [9.17, 15) is 23.1 Å². The number of nitrogens with zero attached hydrogens (tertiary/aromatic N) is 4. The molecule has 2 aliphatic rings. The first-order chi connectivity index (χ1) is 19.5. The van der Waals surface area contributed by atoms with Gasteiger partial charge in [0.1, 0.15) is 11.9 Å². The van der Waals surface area contributed by atoms with E-state index < -0.39 is 22.2 Å². The minimum absolute atomic E-state index is 0.000943. The number of hydrogen-bond donors (Lipinski definition) is 3. The van der Waals surface area contributed by atoms with Gasteiger partial charge in [0, 0.05) is 50.0 Å². The number of aliphatic hydroxyl groups is 1. The van der Waals surface area contributed by atoms with E-state index in [4.69, 9.17) is 4.74 Å². The number of fused-ring (bicyclic) bond motifs is 1. The third-order valence-corrected chi connectivity index (χ3v) is 9.62. The number of aromatic nitrogens is 2. The average Bonchev–Trinajstić information content (AvgIpc) is 3.40. The number of urea groups is 1. The maximum atomic E-state index is 13.4. The highest BCUT2D eigenvalue weighted by Crippen LogP contribution is 2.30. The summed E-state index contributed by atoms with van der Waals surface area (Å²) in [6, 6.07) is 4.55. The summed E-state index contributed by atoms with van der Waals surface area (Å²) < 4.78 is 35.6. The van der Waals surface area contributed by atoms with Crippen molar-refractivity contribution in [2.24, 2.45) is 13.0 Å². The van der Waals surface area contributed by atoms with E-state index in [2.05, 4.69) is 15.6 Å². The van der Waals surface area contributed by atoms with E-state index in [-0.39, 0.29) is 55.0 Å². The van der Waals surface area contributed by atoms with Crippen molar-refractivity contribution < 1.29 is 27.9 Å². The number of nitrogens with one attached hydrogen (secondary N) is 2. The third kappa shape index (κ3) is 7.57. The second kappa shape index (κ2) is 13.2. The average molecular weight is 591 g/mol. The lowest BCUT2D eigenvalue weighted by Crippen LogP contribution is -2.48. The number of benzene rings is 1. The van der Waals surface area contributed by atoms with Gasteiger partial charge in [0.05, 0.1) is 31.9 Å². The molecule has 226 valence electrons. The van der Waals surface area contributed by atoms with Crippen molar-refractivity contribution in [2.75, 3.05) is 32.1 Å². The summed E-state index contributed by atoms with van der Waals surface area (Å²) >= 11 is 0. The number of ether oxygens (including phenoxy) is 1. The van der Waals surface area contributed by atoms with Gasteiger partial charge in [-0.05, 0) is 38.0 Å². The van der Waals surface area contributed by atoms with Gasteiger partial charge < -0.3 is 29.9 Å². The normalized spacial score (nSPS) is 21.3. The van der Waals surface area contributed by atoms with Gasteiger partial charge in [-0.2, -0.15) is 4.31 Å². The molecule has 0 saturated heterocycles. The monoisotopic (exact) mass is 590 g/mol. The van der Waals surface area contributed by atoms with Gasteiger partial charge in [0.25, 0.3) is 10.0 Å². The number of carbonyl (C=O) groups excluding carboxylic acids is 2. The van der Waals surface area contributed by atoms with Gasteiger partial charge in [-0.3, -0.25) is 4.79 Å². The minimum Gasteiger partial charge on any atom is -0.488 e. The molecule has 41 heavy (non-hydrogen) atoms. The van der Waals surface area contributed by atoms with Crippen molar-refractivity contribution in [3.8, 4) is 5.75 Å². The summed E-state index contributed by atoms with van der Waals surface area (Å²) in [6.45, 7) is 3.73. The van der Waals surface area contributed by atoms with Crippen LogP contribution in [0.2, 0.25) is 0 Å². The van der Waals surface area contributed by atoms with Crippen molar-refractivity contribution in [3.05, 3.63) is 36.3 Å². The Labute approximate surface area is 242 Å². The predicted octanol–water partition coefficient (Wildman–Crippen LogP) is 2.34. The van der Waals surface area contributed by atoms with E-state index in [1.165, 1.54) is 30.3 Å². The number of rotatable bonds is 8. The van der Waals surface area contributed by atoms with Crippen LogP contribution in [0.15, 0.2) is 35.7 Å². The summed E-state index contributed by atoms with van der Waals surface area (Å²) in [5.41, 5.74) is 1.09. The number of imidazole rings is 1. The van der Waals surface area contributed by atoms with E-state index in [0.29, 0.717) is 17.0 Å². The molecule has 2 heterocycles. The molecule has 1 aliphatic heterocycles. The number of hydrogen-bond acceptors (Lipinski definition) is 7. The number of sulfonamides is 1. The van der Waals surface area contributed by atoms with Gasteiger partial charge in [-0.15, -0.1) is 0 Å². The number of likely N-dealkylation sites (N-methyl/N-ethyl adjacent to an activating group) is 1. The molecule has 13 heteroatoms. The highest BCUT2D eigenvalue weighted by atomic mass is 32.2. The molecule has 1 saturated carbocycles. The molecule has 3 atom stereocenters. The molecule has 4 rings (SSSR count). The summed E-state index contributed by atoms with van der Waals surface area (Å²) in [5.74, 6) is -0.0305. The van der Waals surface area contributed by atoms with Crippen LogP contribution in [0.25, 0.3) is 0 Å². The maximum absolute atomic E-state index is 13.4. The largest absolute Gasteiger partial charge is 0.488 e. The molecule has 1 aromatic carbocycles. The molecule has 12 nitrogen and oxygen atoms in total. The maximum Gasteiger partial charge on any atom is 0.319 e. The first kappa shape index (κ1) is 30.8.